The third kappa shape index (κ3) is 5.80. The van der Waals surface area contributed by atoms with E-state index in [1.165, 1.54) is 11.3 Å². The number of thiophene rings is 1. The van der Waals surface area contributed by atoms with Crippen LogP contribution in [0.4, 0.5) is 4.79 Å². The third-order valence-corrected chi connectivity index (χ3v) is 7.07. The van der Waals surface area contributed by atoms with Gasteiger partial charge in [-0.3, -0.25) is 14.9 Å². The average molecular weight is 470 g/mol. The second kappa shape index (κ2) is 10.5. The maximum Gasteiger partial charge on any atom is 0.321 e. The Morgan fingerprint density at radius 2 is 1.84 bits per heavy atom. The smallest absolute Gasteiger partial charge is 0.321 e. The molecule has 9 heteroatoms. The molecule has 0 bridgehead atoms. The van der Waals surface area contributed by atoms with Gasteiger partial charge in [-0.2, -0.15) is 0 Å². The number of thiazole rings is 1. The lowest BCUT2D eigenvalue weighted by molar-refractivity contribution is -0.147. The van der Waals surface area contributed by atoms with Crippen molar-refractivity contribution in [1.82, 2.24) is 15.6 Å². The number of hydrogen-bond donors (Lipinski definition) is 2. The van der Waals surface area contributed by atoms with Gasteiger partial charge in [-0.15, -0.1) is 22.7 Å². The molecule has 0 spiro atoms. The van der Waals surface area contributed by atoms with Gasteiger partial charge in [0, 0.05) is 16.5 Å². The van der Waals surface area contributed by atoms with Crippen molar-refractivity contribution in [3.05, 3.63) is 52.7 Å². The minimum Gasteiger partial charge on any atom is -0.455 e. The summed E-state index contributed by atoms with van der Waals surface area (Å²) in [6, 6.07) is 13.2. The maximum absolute atomic E-state index is 12.4. The molecule has 0 aliphatic heterocycles. The van der Waals surface area contributed by atoms with Crippen molar-refractivity contribution in [3.8, 4) is 21.1 Å². The highest BCUT2D eigenvalue weighted by Crippen LogP contribution is 2.36. The Bertz CT molecular complexity index is 1070. The molecule has 0 unspecified atom stereocenters. The molecule has 0 saturated heterocycles. The normalized spacial score (nSPS) is 13.6. The van der Waals surface area contributed by atoms with Crippen molar-refractivity contribution in [2.45, 2.75) is 38.1 Å². The lowest BCUT2D eigenvalue weighted by Gasteiger charge is -2.12. The molecule has 7 nitrogen and oxygen atoms in total. The number of carbonyl (C=O) groups excluding carboxylic acids is 3. The molecule has 3 amide bonds. The molecule has 2 heterocycles. The van der Waals surface area contributed by atoms with Crippen LogP contribution in [0.2, 0.25) is 0 Å². The van der Waals surface area contributed by atoms with Crippen LogP contribution >= 0.6 is 22.7 Å². The Morgan fingerprint density at radius 3 is 2.56 bits per heavy atom. The highest BCUT2D eigenvalue weighted by molar-refractivity contribution is 7.17. The second-order valence-corrected chi connectivity index (χ2v) is 9.51. The Kier molecular flexibility index (Phi) is 7.28. The number of urea groups is 1. The molecule has 2 N–H and O–H groups in total. The molecule has 4 rings (SSSR count). The molecule has 32 heavy (non-hydrogen) atoms. The fourth-order valence-corrected chi connectivity index (χ4v) is 5.44. The Labute approximate surface area is 193 Å². The largest absolute Gasteiger partial charge is 0.455 e. The zero-order valence-electron chi connectivity index (χ0n) is 17.3. The van der Waals surface area contributed by atoms with Gasteiger partial charge >= 0.3 is 12.0 Å². The van der Waals surface area contributed by atoms with Gasteiger partial charge in [0.05, 0.1) is 17.0 Å². The maximum atomic E-state index is 12.4. The number of esters is 1. The quantitative estimate of drug-likeness (QED) is 0.500. The molecule has 2 aromatic heterocycles. The molecule has 1 aliphatic rings. The predicted octanol–water partition coefficient (Wildman–Crippen LogP) is 4.39. The van der Waals surface area contributed by atoms with Crippen molar-refractivity contribution in [3.63, 3.8) is 0 Å². The van der Waals surface area contributed by atoms with Crippen LogP contribution < -0.4 is 10.6 Å². The van der Waals surface area contributed by atoms with Crippen molar-refractivity contribution < 1.29 is 19.1 Å². The lowest BCUT2D eigenvalue weighted by Crippen LogP contribution is -2.45. The standard InChI is InChI=1S/C23H23N3O4S2/c27-19(25-23(29)24-16-9-4-5-10-16)14-30-20(28)13-18-21(17-11-6-12-31-17)26-22(32-18)15-7-2-1-3-8-15/h1-3,6-8,11-12,16H,4-5,9-10,13-14H2,(H2,24,25,27,29). The molecule has 1 saturated carbocycles. The summed E-state index contributed by atoms with van der Waals surface area (Å²) < 4.78 is 5.12. The van der Waals surface area contributed by atoms with Crippen LogP contribution in [-0.2, 0) is 20.7 Å². The Balaban J connectivity index is 1.35. The molecule has 0 atom stereocenters. The van der Waals surface area contributed by atoms with Gasteiger partial charge in [0.15, 0.2) is 6.61 Å². The molecule has 1 fully saturated rings. The van der Waals surface area contributed by atoms with E-state index in [1.807, 2.05) is 47.8 Å². The van der Waals surface area contributed by atoms with E-state index < -0.39 is 24.5 Å². The van der Waals surface area contributed by atoms with Gasteiger partial charge in [0.2, 0.25) is 0 Å². The monoisotopic (exact) mass is 469 g/mol. The fraction of sp³-hybridized carbons (Fsp3) is 0.304. The molecule has 1 aliphatic carbocycles. The summed E-state index contributed by atoms with van der Waals surface area (Å²) in [5.74, 6) is -1.20. The van der Waals surface area contributed by atoms with E-state index in [0.29, 0.717) is 0 Å². The van der Waals surface area contributed by atoms with Gasteiger partial charge < -0.3 is 10.1 Å². The van der Waals surface area contributed by atoms with Crippen LogP contribution in [0.15, 0.2) is 47.8 Å². The van der Waals surface area contributed by atoms with E-state index in [2.05, 4.69) is 10.6 Å². The number of hydrogen-bond acceptors (Lipinski definition) is 7. The summed E-state index contributed by atoms with van der Waals surface area (Å²) in [7, 11) is 0. The predicted molar refractivity (Wildman–Crippen MR) is 124 cm³/mol. The van der Waals surface area contributed by atoms with Crippen LogP contribution in [-0.4, -0.2) is 35.5 Å². The van der Waals surface area contributed by atoms with Gasteiger partial charge in [-0.25, -0.2) is 9.78 Å². The third-order valence-electron chi connectivity index (χ3n) is 5.09. The van der Waals surface area contributed by atoms with E-state index >= 15 is 0 Å². The van der Waals surface area contributed by atoms with Crippen LogP contribution in [0.3, 0.4) is 0 Å². The molecule has 0 radical (unpaired) electrons. The molecule has 166 valence electrons. The number of imide groups is 1. The first kappa shape index (κ1) is 22.2. The van der Waals surface area contributed by atoms with E-state index in [4.69, 9.17) is 9.72 Å². The molecule has 1 aromatic carbocycles. The number of aromatic nitrogens is 1. The van der Waals surface area contributed by atoms with E-state index in [9.17, 15) is 14.4 Å². The summed E-state index contributed by atoms with van der Waals surface area (Å²) in [6.07, 6.45) is 3.99. The summed E-state index contributed by atoms with van der Waals surface area (Å²) in [4.78, 5) is 42.8. The van der Waals surface area contributed by atoms with Gasteiger partial charge in [-0.05, 0) is 24.3 Å². The van der Waals surface area contributed by atoms with Crippen molar-refractivity contribution in [2.24, 2.45) is 0 Å². The SMILES string of the molecule is O=C(COC(=O)Cc1sc(-c2ccccc2)nc1-c1cccs1)NC(=O)NC1CCCC1. The molecular weight excluding hydrogens is 446 g/mol. The van der Waals surface area contributed by atoms with Crippen LogP contribution in [0.5, 0.6) is 0 Å². The van der Waals surface area contributed by atoms with Crippen LogP contribution in [0, 0.1) is 0 Å². The van der Waals surface area contributed by atoms with Crippen LogP contribution in [0.25, 0.3) is 21.1 Å². The van der Waals surface area contributed by atoms with Crippen molar-refractivity contribution >= 4 is 40.6 Å². The molecule has 3 aromatic rings. The number of carbonyl (C=O) groups is 3. The van der Waals surface area contributed by atoms with Crippen molar-refractivity contribution in [2.75, 3.05) is 6.61 Å². The van der Waals surface area contributed by atoms with E-state index in [1.54, 1.807) is 11.3 Å². The second-order valence-electron chi connectivity index (χ2n) is 7.47. The highest BCUT2D eigenvalue weighted by atomic mass is 32.1. The van der Waals surface area contributed by atoms with E-state index in [0.717, 1.165) is 51.7 Å². The first-order valence-corrected chi connectivity index (χ1v) is 12.1. The average Bonchev–Trinajstić information content (AvgIpc) is 3.55. The number of benzene rings is 1. The number of nitrogens with one attached hydrogen (secondary N) is 2. The summed E-state index contributed by atoms with van der Waals surface area (Å²) in [5, 5.41) is 7.75. The van der Waals surface area contributed by atoms with Crippen molar-refractivity contribution in [1.29, 1.82) is 0 Å². The highest BCUT2D eigenvalue weighted by Gasteiger charge is 2.21. The van der Waals surface area contributed by atoms with Gasteiger partial charge in [0.1, 0.15) is 5.01 Å². The first-order chi connectivity index (χ1) is 15.6. The zero-order chi connectivity index (χ0) is 22.3. The lowest BCUT2D eigenvalue weighted by atomic mass is 10.2. The van der Waals surface area contributed by atoms with E-state index in [-0.39, 0.29) is 12.5 Å². The first-order valence-electron chi connectivity index (χ1n) is 10.4. The Hall–Kier alpha value is -3.04. The minimum atomic E-state index is -0.651. The van der Waals surface area contributed by atoms with Gasteiger partial charge in [0.25, 0.3) is 5.91 Å². The summed E-state index contributed by atoms with van der Waals surface area (Å²) >= 11 is 2.98. The molecular formula is C23H23N3O4S2. The number of amides is 3. The topological polar surface area (TPSA) is 97.4 Å². The van der Waals surface area contributed by atoms with Crippen LogP contribution in [0.1, 0.15) is 30.6 Å². The number of nitrogens with zero attached hydrogens (tertiary/aromatic N) is 1. The van der Waals surface area contributed by atoms with Gasteiger partial charge in [-0.1, -0.05) is 49.2 Å². The fourth-order valence-electron chi connectivity index (χ4n) is 3.56. The Morgan fingerprint density at radius 1 is 1.06 bits per heavy atom. The number of rotatable bonds is 7. The summed E-state index contributed by atoms with van der Waals surface area (Å²) in [5.41, 5.74) is 1.73. The summed E-state index contributed by atoms with van der Waals surface area (Å²) in [6.45, 7) is -0.504. The number of ether oxygens (including phenoxy) is 1. The minimum absolute atomic E-state index is 0.000710. The zero-order valence-corrected chi connectivity index (χ0v) is 19.0.